The third-order valence-electron chi connectivity index (χ3n) is 5.21. The number of para-hydroxylation sites is 1. The maximum Gasteiger partial charge on any atom is 0.275 e. The Morgan fingerprint density at radius 2 is 1.78 bits per heavy atom. The number of rotatable bonds is 7. The molecule has 178 valence electrons. The van der Waals surface area contributed by atoms with Crippen molar-refractivity contribution in [1.29, 1.82) is 0 Å². The second-order valence-corrected chi connectivity index (χ2v) is 8.48. The van der Waals surface area contributed by atoms with Crippen LogP contribution < -0.4 is 0 Å². The molecular formula is C24H17N7O4S. The summed E-state index contributed by atoms with van der Waals surface area (Å²) in [6.07, 6.45) is 0. The predicted molar refractivity (Wildman–Crippen MR) is 134 cm³/mol. The molecule has 2 heterocycles. The molecule has 3 aromatic carbocycles. The van der Waals surface area contributed by atoms with E-state index in [-0.39, 0.29) is 28.4 Å². The minimum Gasteiger partial charge on any atom is -0.493 e. The first-order valence-electron chi connectivity index (χ1n) is 10.6. The lowest BCUT2D eigenvalue weighted by Gasteiger charge is -2.09. The molecule has 12 heteroatoms. The second-order valence-electron chi connectivity index (χ2n) is 7.53. The zero-order valence-electron chi connectivity index (χ0n) is 18.5. The molecule has 1 amide bonds. The molecule has 0 fully saturated rings. The van der Waals surface area contributed by atoms with Gasteiger partial charge >= 0.3 is 0 Å². The van der Waals surface area contributed by atoms with Crippen molar-refractivity contribution < 1.29 is 14.8 Å². The molecule has 36 heavy (non-hydrogen) atoms. The molecule has 0 saturated heterocycles. The lowest BCUT2D eigenvalue weighted by atomic mass is 10.2. The molecule has 0 atom stereocenters. The van der Waals surface area contributed by atoms with Crippen LogP contribution in [0.5, 0.6) is 5.88 Å². The van der Waals surface area contributed by atoms with Crippen molar-refractivity contribution in [3.63, 3.8) is 0 Å². The molecule has 11 nitrogen and oxygen atoms in total. The normalized spacial score (nSPS) is 11.3. The van der Waals surface area contributed by atoms with E-state index in [1.807, 2.05) is 65.2 Å². The zero-order chi connectivity index (χ0) is 25.1. The predicted octanol–water partition coefficient (Wildman–Crippen LogP) is 5.43. The summed E-state index contributed by atoms with van der Waals surface area (Å²) in [5, 5.41) is 38.1. The van der Waals surface area contributed by atoms with Gasteiger partial charge in [0.1, 0.15) is 0 Å². The first-order valence-corrected chi connectivity index (χ1v) is 11.6. The van der Waals surface area contributed by atoms with Crippen molar-refractivity contribution in [2.45, 2.75) is 5.16 Å². The number of aromatic amines is 1. The van der Waals surface area contributed by atoms with Crippen molar-refractivity contribution in [2.24, 2.45) is 10.2 Å². The summed E-state index contributed by atoms with van der Waals surface area (Å²) in [6.45, 7) is 0. The van der Waals surface area contributed by atoms with E-state index in [2.05, 4.69) is 25.4 Å². The van der Waals surface area contributed by atoms with Gasteiger partial charge in [-0.2, -0.15) is 0 Å². The summed E-state index contributed by atoms with van der Waals surface area (Å²) in [5.74, 6) is -0.384. The first-order chi connectivity index (χ1) is 17.5. The molecule has 0 radical (unpaired) electrons. The summed E-state index contributed by atoms with van der Waals surface area (Å²) in [7, 11) is 0. The van der Waals surface area contributed by atoms with E-state index >= 15 is 0 Å². The largest absolute Gasteiger partial charge is 0.493 e. The molecule has 2 N–H and O–H groups in total. The Morgan fingerprint density at radius 1 is 1.06 bits per heavy atom. The van der Waals surface area contributed by atoms with E-state index in [1.165, 1.54) is 18.2 Å². The van der Waals surface area contributed by atoms with Crippen LogP contribution in [-0.4, -0.2) is 41.4 Å². The SMILES string of the molecule is O=C(CSc1nnc(-c2ccccc2)n1-c1ccccc1)N=Nc1c(O)[nH]c2ccc([N+](=O)[O-])cc12. The van der Waals surface area contributed by atoms with E-state index in [0.29, 0.717) is 16.5 Å². The summed E-state index contributed by atoms with van der Waals surface area (Å²) < 4.78 is 1.86. The Morgan fingerprint density at radius 3 is 2.50 bits per heavy atom. The molecular weight excluding hydrogens is 482 g/mol. The molecule has 0 saturated carbocycles. The summed E-state index contributed by atoms with van der Waals surface area (Å²) in [4.78, 5) is 25.7. The van der Waals surface area contributed by atoms with Crippen LogP contribution in [0, 0.1) is 10.1 Å². The van der Waals surface area contributed by atoms with Crippen molar-refractivity contribution in [2.75, 3.05) is 5.75 Å². The first kappa shape index (κ1) is 22.9. The highest BCUT2D eigenvalue weighted by Gasteiger charge is 2.18. The van der Waals surface area contributed by atoms with E-state index in [9.17, 15) is 20.0 Å². The number of nitro benzene ring substituents is 1. The number of nitrogens with one attached hydrogen (secondary N) is 1. The maximum absolute atomic E-state index is 12.5. The number of benzene rings is 3. The van der Waals surface area contributed by atoms with Gasteiger partial charge < -0.3 is 10.1 Å². The van der Waals surface area contributed by atoms with Gasteiger partial charge in [0.25, 0.3) is 11.6 Å². The van der Waals surface area contributed by atoms with Crippen LogP contribution in [-0.2, 0) is 4.79 Å². The van der Waals surface area contributed by atoms with Gasteiger partial charge in [-0.15, -0.1) is 20.4 Å². The fourth-order valence-corrected chi connectivity index (χ4v) is 4.30. The number of aromatic nitrogens is 4. The number of nitrogens with zero attached hydrogens (tertiary/aromatic N) is 6. The average Bonchev–Trinajstić information content (AvgIpc) is 3.47. The molecule has 0 aliphatic carbocycles. The topological polar surface area (TPSA) is 152 Å². The van der Waals surface area contributed by atoms with E-state index < -0.39 is 10.8 Å². The minimum absolute atomic E-state index is 0.0501. The highest BCUT2D eigenvalue weighted by atomic mass is 32.2. The number of amides is 1. The Labute approximate surface area is 207 Å². The van der Waals surface area contributed by atoms with E-state index in [0.717, 1.165) is 23.0 Å². The second kappa shape index (κ2) is 9.80. The number of nitro groups is 1. The number of hydrogen-bond donors (Lipinski definition) is 2. The van der Waals surface area contributed by atoms with Crippen LogP contribution in [0.4, 0.5) is 11.4 Å². The average molecular weight is 500 g/mol. The molecule has 0 unspecified atom stereocenters. The highest BCUT2D eigenvalue weighted by molar-refractivity contribution is 7.99. The number of hydrogen-bond acceptors (Lipinski definition) is 8. The van der Waals surface area contributed by atoms with Crippen LogP contribution >= 0.6 is 11.8 Å². The number of fused-ring (bicyclic) bond motifs is 1. The van der Waals surface area contributed by atoms with Gasteiger partial charge in [-0.05, 0) is 18.2 Å². The fraction of sp³-hybridized carbons (Fsp3) is 0.0417. The number of thioether (sulfide) groups is 1. The lowest BCUT2D eigenvalue weighted by molar-refractivity contribution is -0.384. The number of non-ortho nitro benzene ring substituents is 1. The van der Waals surface area contributed by atoms with E-state index in [4.69, 9.17) is 0 Å². The van der Waals surface area contributed by atoms with Gasteiger partial charge in [-0.25, -0.2) is 0 Å². The molecule has 5 aromatic rings. The molecule has 0 spiro atoms. The Hall–Kier alpha value is -4.84. The Bertz CT molecular complexity index is 1600. The molecule has 2 aromatic heterocycles. The standard InChI is InChI=1S/C24H17N7O4S/c32-20(26-27-21-18-13-17(31(34)35)11-12-19(18)25-23(21)33)14-36-24-29-28-22(15-7-3-1-4-8-15)30(24)16-9-5-2-6-10-16/h1-13,25,33H,14H2. The van der Waals surface area contributed by atoms with Gasteiger partial charge in [-0.1, -0.05) is 60.3 Å². The van der Waals surface area contributed by atoms with Gasteiger partial charge in [-0.3, -0.25) is 19.5 Å². The lowest BCUT2D eigenvalue weighted by Crippen LogP contribution is -2.02. The fourth-order valence-electron chi connectivity index (χ4n) is 3.57. The summed E-state index contributed by atoms with van der Waals surface area (Å²) in [5.41, 5.74) is 1.91. The maximum atomic E-state index is 12.5. The third-order valence-corrected chi connectivity index (χ3v) is 6.13. The Balaban J connectivity index is 1.38. The van der Waals surface area contributed by atoms with Gasteiger partial charge in [0.15, 0.2) is 16.7 Å². The highest BCUT2D eigenvalue weighted by Crippen LogP contribution is 2.37. The smallest absolute Gasteiger partial charge is 0.275 e. The van der Waals surface area contributed by atoms with Crippen LogP contribution in [0.2, 0.25) is 0 Å². The minimum atomic E-state index is -0.581. The summed E-state index contributed by atoms with van der Waals surface area (Å²) >= 11 is 1.14. The number of carbonyl (C=O) groups is 1. The number of H-pyrrole nitrogens is 1. The number of azo groups is 1. The van der Waals surface area contributed by atoms with Crippen LogP contribution in [0.1, 0.15) is 0 Å². The summed E-state index contributed by atoms with van der Waals surface area (Å²) in [6, 6.07) is 23.1. The third kappa shape index (κ3) is 4.57. The van der Waals surface area contributed by atoms with Gasteiger partial charge in [0.05, 0.1) is 16.2 Å². The van der Waals surface area contributed by atoms with Crippen LogP contribution in [0.15, 0.2) is 94.2 Å². The van der Waals surface area contributed by atoms with Crippen molar-refractivity contribution in [1.82, 2.24) is 19.7 Å². The molecule has 5 rings (SSSR count). The Kier molecular flexibility index (Phi) is 6.24. The van der Waals surface area contributed by atoms with Crippen molar-refractivity contribution in [3.05, 3.63) is 89.0 Å². The molecule has 0 aliphatic rings. The van der Waals surface area contributed by atoms with Gasteiger partial charge in [0.2, 0.25) is 5.88 Å². The molecule has 0 bridgehead atoms. The monoisotopic (exact) mass is 499 g/mol. The van der Waals surface area contributed by atoms with Crippen LogP contribution in [0.3, 0.4) is 0 Å². The van der Waals surface area contributed by atoms with E-state index in [1.54, 1.807) is 0 Å². The van der Waals surface area contributed by atoms with Crippen molar-refractivity contribution >= 4 is 39.9 Å². The van der Waals surface area contributed by atoms with Crippen molar-refractivity contribution in [3.8, 4) is 23.0 Å². The number of aromatic hydroxyl groups is 1. The van der Waals surface area contributed by atoms with Crippen LogP contribution in [0.25, 0.3) is 28.0 Å². The van der Waals surface area contributed by atoms with Gasteiger partial charge in [0, 0.05) is 28.8 Å². The zero-order valence-corrected chi connectivity index (χ0v) is 19.3. The number of carbonyl (C=O) groups excluding carboxylic acids is 1. The quantitative estimate of drug-likeness (QED) is 0.131. The molecule has 0 aliphatic heterocycles.